The van der Waals surface area contributed by atoms with Crippen LogP contribution < -0.4 is 0 Å². The molecule has 0 aliphatic carbocycles. The monoisotopic (exact) mass is 509 g/mol. The second-order valence-corrected chi connectivity index (χ2v) is 10.6. The summed E-state index contributed by atoms with van der Waals surface area (Å²) < 4.78 is 66.7. The van der Waals surface area contributed by atoms with Crippen molar-refractivity contribution in [3.8, 4) is 0 Å². The fourth-order valence-electron chi connectivity index (χ4n) is 3.06. The molecule has 0 radical (unpaired) electrons. The van der Waals surface area contributed by atoms with E-state index in [0.29, 0.717) is 5.92 Å². The van der Waals surface area contributed by atoms with Gasteiger partial charge in [-0.1, -0.05) is 48.4 Å². The summed E-state index contributed by atoms with van der Waals surface area (Å²) in [6, 6.07) is 12.5. The summed E-state index contributed by atoms with van der Waals surface area (Å²) in [5.74, 6) is 0.645. The number of hydrogen-bond acceptors (Lipinski definition) is 7. The molecule has 0 unspecified atom stereocenters. The van der Waals surface area contributed by atoms with Crippen LogP contribution in [0.4, 0.5) is 0 Å². The van der Waals surface area contributed by atoms with Crippen molar-refractivity contribution in [1.29, 1.82) is 0 Å². The van der Waals surface area contributed by atoms with Crippen LogP contribution in [0, 0.1) is 19.8 Å². The minimum absolute atomic E-state index is 0. The first kappa shape index (κ1) is 26.0. The number of ether oxygens (including phenoxy) is 1. The fourth-order valence-corrected chi connectivity index (χ4v) is 5.10. The first-order chi connectivity index (χ1) is 14.0. The molecule has 0 aromatic heterocycles. The Hall–Kier alpha value is -1.26. The predicted molar refractivity (Wildman–Crippen MR) is 111 cm³/mol. The zero-order valence-corrected chi connectivity index (χ0v) is 20.3. The van der Waals surface area contributed by atoms with E-state index in [1.807, 2.05) is 13.8 Å². The van der Waals surface area contributed by atoms with Crippen LogP contribution in [-0.4, -0.2) is 41.8 Å². The zero-order chi connectivity index (χ0) is 22.1. The average molecular weight is 509 g/mol. The molecule has 172 valence electrons. The Bertz CT molecular complexity index is 1080. The van der Waals surface area contributed by atoms with Crippen LogP contribution in [0.1, 0.15) is 25.0 Å². The molecule has 3 rings (SSSR count). The first-order valence-corrected chi connectivity index (χ1v) is 12.3. The molecule has 0 spiro atoms. The van der Waals surface area contributed by atoms with E-state index in [2.05, 4.69) is 0 Å². The van der Waals surface area contributed by atoms with Crippen LogP contribution in [0.2, 0.25) is 0 Å². The van der Waals surface area contributed by atoms with Gasteiger partial charge in [-0.3, -0.25) is 14.3 Å². The molecular formula is C21H25FeO7S2-. The molecule has 1 aliphatic rings. The molecule has 1 fully saturated rings. The molecular weight excluding hydrogens is 484 g/mol. The molecule has 1 saturated heterocycles. The summed E-state index contributed by atoms with van der Waals surface area (Å²) in [5.41, 5.74) is 1.84. The van der Waals surface area contributed by atoms with Gasteiger partial charge in [0.05, 0.1) is 22.5 Å². The Balaban J connectivity index is 0.00000341. The van der Waals surface area contributed by atoms with E-state index in [0.717, 1.165) is 11.1 Å². The first-order valence-electron chi connectivity index (χ1n) is 9.44. The molecule has 3 atom stereocenters. The van der Waals surface area contributed by atoms with Crippen molar-refractivity contribution in [2.45, 2.75) is 55.8 Å². The van der Waals surface area contributed by atoms with Crippen molar-refractivity contribution in [3.05, 3.63) is 65.6 Å². The molecule has 7 nitrogen and oxygen atoms in total. The van der Waals surface area contributed by atoms with Gasteiger partial charge in [-0.25, -0.2) is 0 Å². The molecule has 1 heterocycles. The summed E-state index contributed by atoms with van der Waals surface area (Å²) in [4.78, 5) is 0.0389. The van der Waals surface area contributed by atoms with E-state index < -0.39 is 38.5 Å². The van der Waals surface area contributed by atoms with Crippen molar-refractivity contribution in [1.82, 2.24) is 0 Å². The summed E-state index contributed by atoms with van der Waals surface area (Å²) >= 11 is 0. The van der Waals surface area contributed by atoms with Crippen molar-refractivity contribution >= 4 is 20.2 Å². The minimum Gasteiger partial charge on any atom is -0.404 e. The number of hydrogen-bond donors (Lipinski definition) is 0. The van der Waals surface area contributed by atoms with Gasteiger partial charge < -0.3 is 4.74 Å². The molecule has 2 aromatic rings. The van der Waals surface area contributed by atoms with E-state index in [1.54, 1.807) is 38.1 Å². The molecule has 0 saturated carbocycles. The quantitative estimate of drug-likeness (QED) is 0.322. The van der Waals surface area contributed by atoms with Gasteiger partial charge in [0.1, 0.15) is 0 Å². The fraction of sp³-hybridized carbons (Fsp3) is 0.381. The maximum atomic E-state index is 12.7. The van der Waals surface area contributed by atoms with E-state index in [9.17, 15) is 16.8 Å². The van der Waals surface area contributed by atoms with Gasteiger partial charge in [0.25, 0.3) is 20.2 Å². The van der Waals surface area contributed by atoms with Gasteiger partial charge in [0.15, 0.2) is 0 Å². The van der Waals surface area contributed by atoms with Crippen LogP contribution in [0.5, 0.6) is 0 Å². The molecule has 0 amide bonds. The van der Waals surface area contributed by atoms with Gasteiger partial charge in [-0.2, -0.15) is 23.8 Å². The van der Waals surface area contributed by atoms with Crippen LogP contribution in [0.15, 0.2) is 58.3 Å². The second kappa shape index (κ2) is 10.1. The third kappa shape index (κ3) is 6.16. The van der Waals surface area contributed by atoms with Crippen molar-refractivity contribution < 1.29 is 47.0 Å². The van der Waals surface area contributed by atoms with E-state index in [-0.39, 0.29) is 33.5 Å². The third-order valence-corrected chi connectivity index (χ3v) is 7.65. The zero-order valence-electron chi connectivity index (χ0n) is 17.6. The Morgan fingerprint density at radius 2 is 1.32 bits per heavy atom. The molecule has 2 aromatic carbocycles. The summed E-state index contributed by atoms with van der Waals surface area (Å²) in [6.45, 7) is 6.79. The SMILES string of the molecule is Cc1ccc(S(=O)(=O)OC[C@H]2O[C@@H](C)[C-](C)[C@@H]2OS(=O)(=O)c2ccc(C)cc2)cc1.[Fe]. The van der Waals surface area contributed by atoms with Crippen LogP contribution in [0.25, 0.3) is 0 Å². The summed E-state index contributed by atoms with van der Waals surface area (Å²) in [5, 5.41) is 0. The van der Waals surface area contributed by atoms with E-state index >= 15 is 0 Å². The average Bonchev–Trinajstić information content (AvgIpc) is 2.94. The largest absolute Gasteiger partial charge is 0.404 e. The molecule has 31 heavy (non-hydrogen) atoms. The smallest absolute Gasteiger partial charge is 0.297 e. The predicted octanol–water partition coefficient (Wildman–Crippen LogP) is 3.16. The Morgan fingerprint density at radius 3 is 1.81 bits per heavy atom. The Morgan fingerprint density at radius 1 is 0.871 bits per heavy atom. The van der Waals surface area contributed by atoms with E-state index in [1.165, 1.54) is 24.3 Å². The number of benzene rings is 2. The Kier molecular flexibility index (Phi) is 8.49. The third-order valence-electron chi connectivity index (χ3n) is 5.04. The Labute approximate surface area is 194 Å². The van der Waals surface area contributed by atoms with Crippen molar-refractivity contribution in [2.24, 2.45) is 0 Å². The molecule has 0 N–H and O–H groups in total. The molecule has 1 aliphatic heterocycles. The maximum Gasteiger partial charge on any atom is 0.297 e. The van der Waals surface area contributed by atoms with Crippen LogP contribution >= 0.6 is 0 Å². The van der Waals surface area contributed by atoms with Gasteiger partial charge >= 0.3 is 0 Å². The maximum absolute atomic E-state index is 12.7. The summed E-state index contributed by atoms with van der Waals surface area (Å²) in [6.07, 6.45) is -2.25. The van der Waals surface area contributed by atoms with Gasteiger partial charge in [-0.05, 0) is 44.2 Å². The van der Waals surface area contributed by atoms with Crippen LogP contribution in [-0.2, 0) is 50.4 Å². The molecule has 0 bridgehead atoms. The van der Waals surface area contributed by atoms with Crippen molar-refractivity contribution in [2.75, 3.05) is 6.61 Å². The van der Waals surface area contributed by atoms with Gasteiger partial charge in [0, 0.05) is 17.1 Å². The minimum atomic E-state index is -4.07. The molecule has 10 heteroatoms. The van der Waals surface area contributed by atoms with Crippen molar-refractivity contribution in [3.63, 3.8) is 0 Å². The number of aryl methyl sites for hydroxylation is 2. The number of rotatable bonds is 7. The standard InChI is InChI=1S/C21H25O7S2.Fe/c1-14-5-9-18(10-6-14)29(22,23)26-13-20-21(16(3)17(4)27-20)28-30(24,25)19-11-7-15(2)8-12-19;/h5-12,17,20-21H,13H2,1-4H3;/q-1;/t17-,20+,21-;/m0./s1. The van der Waals surface area contributed by atoms with Gasteiger partial charge in [-0.15, -0.1) is 0 Å². The van der Waals surface area contributed by atoms with Crippen LogP contribution in [0.3, 0.4) is 0 Å². The van der Waals surface area contributed by atoms with E-state index in [4.69, 9.17) is 13.1 Å². The topological polar surface area (TPSA) is 96.0 Å². The second-order valence-electron chi connectivity index (χ2n) is 7.40. The van der Waals surface area contributed by atoms with Gasteiger partial charge in [0.2, 0.25) is 0 Å². The normalized spacial score (nSPS) is 22.3. The summed E-state index contributed by atoms with van der Waals surface area (Å²) in [7, 11) is -8.08.